The molecule has 1 atom stereocenters. The summed E-state index contributed by atoms with van der Waals surface area (Å²) in [5.41, 5.74) is 2.94. The number of pyridine rings is 2. The lowest BCUT2D eigenvalue weighted by Crippen LogP contribution is -2.37. The van der Waals surface area contributed by atoms with Gasteiger partial charge in [0.15, 0.2) is 0 Å². The van der Waals surface area contributed by atoms with E-state index in [0.29, 0.717) is 13.1 Å². The zero-order valence-corrected chi connectivity index (χ0v) is 15.7. The minimum atomic E-state index is -0.451. The maximum absolute atomic E-state index is 12.8. The highest BCUT2D eigenvalue weighted by atomic mass is 79.9. The molecule has 0 aliphatic carbocycles. The summed E-state index contributed by atoms with van der Waals surface area (Å²) in [5.74, 6) is -0.0785. The third-order valence-corrected chi connectivity index (χ3v) is 4.44. The predicted octanol–water partition coefficient (Wildman–Crippen LogP) is 3.39. The van der Waals surface area contributed by atoms with E-state index in [-0.39, 0.29) is 5.91 Å². The summed E-state index contributed by atoms with van der Waals surface area (Å²) >= 11 is 3.43. The van der Waals surface area contributed by atoms with Gasteiger partial charge in [-0.1, -0.05) is 34.1 Å². The fourth-order valence-corrected chi connectivity index (χ4v) is 2.80. The first-order chi connectivity index (χ1) is 12.7. The van der Waals surface area contributed by atoms with Crippen molar-refractivity contribution in [1.82, 2.24) is 20.6 Å². The molecule has 0 bridgehead atoms. The SMILES string of the molecule is O=C(NCc1cccnc1)C(NCc1ccncc1)c1ccc(Br)cc1. The summed E-state index contributed by atoms with van der Waals surface area (Å²) < 4.78 is 0.977. The fraction of sp³-hybridized carbons (Fsp3) is 0.150. The van der Waals surface area contributed by atoms with Crippen LogP contribution in [0.3, 0.4) is 0 Å². The molecule has 0 saturated carbocycles. The Morgan fingerprint density at radius 3 is 2.38 bits per heavy atom. The number of nitrogens with one attached hydrogen (secondary N) is 2. The van der Waals surface area contributed by atoms with Crippen LogP contribution in [0.4, 0.5) is 0 Å². The van der Waals surface area contributed by atoms with Gasteiger partial charge >= 0.3 is 0 Å². The number of amides is 1. The van der Waals surface area contributed by atoms with Crippen LogP contribution in [-0.2, 0) is 17.9 Å². The van der Waals surface area contributed by atoms with E-state index in [0.717, 1.165) is 21.2 Å². The fourth-order valence-electron chi connectivity index (χ4n) is 2.53. The third-order valence-electron chi connectivity index (χ3n) is 3.91. The van der Waals surface area contributed by atoms with Crippen molar-refractivity contribution in [3.05, 3.63) is 94.5 Å². The van der Waals surface area contributed by atoms with Crippen molar-refractivity contribution >= 4 is 21.8 Å². The molecule has 3 rings (SSSR count). The standard InChI is InChI=1S/C20H19BrN4O/c21-18-5-3-17(4-6-18)19(24-13-15-7-10-22-11-8-15)20(26)25-14-16-2-1-9-23-12-16/h1-12,19,24H,13-14H2,(H,25,26). The highest BCUT2D eigenvalue weighted by Gasteiger charge is 2.20. The Kier molecular flexibility index (Phi) is 6.46. The van der Waals surface area contributed by atoms with Crippen LogP contribution in [0, 0.1) is 0 Å². The van der Waals surface area contributed by atoms with Gasteiger partial charge < -0.3 is 5.32 Å². The van der Waals surface area contributed by atoms with Crippen LogP contribution < -0.4 is 10.6 Å². The lowest BCUT2D eigenvalue weighted by molar-refractivity contribution is -0.123. The van der Waals surface area contributed by atoms with Crippen LogP contribution in [0.15, 0.2) is 77.8 Å². The first-order valence-corrected chi connectivity index (χ1v) is 9.06. The van der Waals surface area contributed by atoms with E-state index in [1.807, 2.05) is 48.5 Å². The van der Waals surface area contributed by atoms with Gasteiger partial charge in [0, 0.05) is 42.3 Å². The van der Waals surface area contributed by atoms with Crippen LogP contribution >= 0.6 is 15.9 Å². The molecule has 1 amide bonds. The minimum absolute atomic E-state index is 0.0785. The highest BCUT2D eigenvalue weighted by molar-refractivity contribution is 9.10. The van der Waals surface area contributed by atoms with Gasteiger partial charge in [0.25, 0.3) is 0 Å². The summed E-state index contributed by atoms with van der Waals surface area (Å²) in [6.45, 7) is 1.01. The molecule has 0 aliphatic heterocycles. The molecule has 132 valence electrons. The quantitative estimate of drug-likeness (QED) is 0.626. The van der Waals surface area contributed by atoms with E-state index in [1.54, 1.807) is 24.8 Å². The third kappa shape index (κ3) is 5.21. The molecule has 6 heteroatoms. The molecular formula is C20H19BrN4O. The predicted molar refractivity (Wildman–Crippen MR) is 104 cm³/mol. The molecule has 2 heterocycles. The molecule has 5 nitrogen and oxygen atoms in total. The molecule has 0 fully saturated rings. The lowest BCUT2D eigenvalue weighted by Gasteiger charge is -2.19. The van der Waals surface area contributed by atoms with Gasteiger partial charge in [0.2, 0.25) is 5.91 Å². The molecule has 1 unspecified atom stereocenters. The van der Waals surface area contributed by atoms with E-state index < -0.39 is 6.04 Å². The zero-order valence-electron chi connectivity index (χ0n) is 14.1. The van der Waals surface area contributed by atoms with Gasteiger partial charge in [-0.3, -0.25) is 20.1 Å². The second-order valence-corrected chi connectivity index (χ2v) is 6.72. The number of nitrogens with zero attached hydrogens (tertiary/aromatic N) is 2. The normalized spacial score (nSPS) is 11.7. The Morgan fingerprint density at radius 1 is 0.923 bits per heavy atom. The van der Waals surface area contributed by atoms with Crippen LogP contribution in [0.2, 0.25) is 0 Å². The molecule has 1 aromatic carbocycles. The van der Waals surface area contributed by atoms with E-state index in [4.69, 9.17) is 0 Å². The number of hydrogen-bond acceptors (Lipinski definition) is 4. The van der Waals surface area contributed by atoms with Gasteiger partial charge in [-0.25, -0.2) is 0 Å². The monoisotopic (exact) mass is 410 g/mol. The highest BCUT2D eigenvalue weighted by Crippen LogP contribution is 2.18. The summed E-state index contributed by atoms with van der Waals surface area (Å²) in [6, 6.07) is 15.0. The second kappa shape index (κ2) is 9.22. The topological polar surface area (TPSA) is 66.9 Å². The van der Waals surface area contributed by atoms with E-state index in [9.17, 15) is 4.79 Å². The number of hydrogen-bond donors (Lipinski definition) is 2. The number of aromatic nitrogens is 2. The van der Waals surface area contributed by atoms with Crippen molar-refractivity contribution in [2.75, 3.05) is 0 Å². The van der Waals surface area contributed by atoms with Gasteiger partial charge in [-0.15, -0.1) is 0 Å². The molecule has 2 N–H and O–H groups in total. The minimum Gasteiger partial charge on any atom is -0.350 e. The maximum Gasteiger partial charge on any atom is 0.242 e. The average molecular weight is 411 g/mol. The number of halogens is 1. The van der Waals surface area contributed by atoms with Gasteiger partial charge in [0.05, 0.1) is 0 Å². The van der Waals surface area contributed by atoms with Crippen LogP contribution in [0.5, 0.6) is 0 Å². The van der Waals surface area contributed by atoms with Crippen molar-refractivity contribution in [2.24, 2.45) is 0 Å². The van der Waals surface area contributed by atoms with E-state index >= 15 is 0 Å². The Morgan fingerprint density at radius 2 is 1.69 bits per heavy atom. The van der Waals surface area contributed by atoms with Crippen LogP contribution in [0.25, 0.3) is 0 Å². The molecule has 3 aromatic rings. The van der Waals surface area contributed by atoms with Crippen molar-refractivity contribution < 1.29 is 4.79 Å². The largest absolute Gasteiger partial charge is 0.350 e. The number of carbonyl (C=O) groups excluding carboxylic acids is 1. The number of carbonyl (C=O) groups is 1. The first kappa shape index (κ1) is 18.2. The van der Waals surface area contributed by atoms with Crippen LogP contribution in [0.1, 0.15) is 22.7 Å². The summed E-state index contributed by atoms with van der Waals surface area (Å²) in [5, 5.41) is 6.32. The average Bonchev–Trinajstić information content (AvgIpc) is 2.69. The Bertz CT molecular complexity index is 825. The molecule has 2 aromatic heterocycles. The van der Waals surface area contributed by atoms with Crippen molar-refractivity contribution in [3.63, 3.8) is 0 Å². The van der Waals surface area contributed by atoms with Gasteiger partial charge in [-0.05, 0) is 47.0 Å². The molecule has 0 saturated heterocycles. The molecule has 0 radical (unpaired) electrons. The van der Waals surface area contributed by atoms with Crippen LogP contribution in [-0.4, -0.2) is 15.9 Å². The van der Waals surface area contributed by atoms with E-state index in [1.165, 1.54) is 0 Å². The zero-order chi connectivity index (χ0) is 18.2. The van der Waals surface area contributed by atoms with Crippen molar-refractivity contribution in [2.45, 2.75) is 19.1 Å². The number of benzene rings is 1. The second-order valence-electron chi connectivity index (χ2n) is 5.80. The molecule has 0 spiro atoms. The summed E-state index contributed by atoms with van der Waals surface area (Å²) in [4.78, 5) is 20.9. The smallest absolute Gasteiger partial charge is 0.242 e. The maximum atomic E-state index is 12.8. The first-order valence-electron chi connectivity index (χ1n) is 8.27. The van der Waals surface area contributed by atoms with Crippen molar-refractivity contribution in [3.8, 4) is 0 Å². The van der Waals surface area contributed by atoms with Crippen molar-refractivity contribution in [1.29, 1.82) is 0 Å². The number of rotatable bonds is 7. The van der Waals surface area contributed by atoms with Gasteiger partial charge in [0.1, 0.15) is 6.04 Å². The summed E-state index contributed by atoms with van der Waals surface area (Å²) in [7, 11) is 0. The Balaban J connectivity index is 1.71. The molecule has 26 heavy (non-hydrogen) atoms. The Hall–Kier alpha value is -2.57. The lowest BCUT2D eigenvalue weighted by atomic mass is 10.1. The van der Waals surface area contributed by atoms with E-state index in [2.05, 4.69) is 36.5 Å². The summed E-state index contributed by atoms with van der Waals surface area (Å²) in [6.07, 6.45) is 6.95. The molecular weight excluding hydrogens is 392 g/mol. The van der Waals surface area contributed by atoms with Gasteiger partial charge in [-0.2, -0.15) is 0 Å². The Labute approximate surface area is 161 Å². The molecule has 0 aliphatic rings.